The van der Waals surface area contributed by atoms with Gasteiger partial charge >= 0.3 is 5.97 Å². The van der Waals surface area contributed by atoms with Gasteiger partial charge in [0.1, 0.15) is 0 Å². The Kier molecular flexibility index (Phi) is 7.48. The SMILES string of the molecule is Cc1ccc(Cn2nc(C)c(/C=C/C(=O)OC(C)C(=O)Nc3c(C)cccc3C)c2C)cc1. The number of hydrogen-bond donors (Lipinski definition) is 1. The fraction of sp³-hybridized carbons (Fsp3) is 0.296. The molecule has 0 radical (unpaired) electrons. The number of carbonyl (C=O) groups is 2. The zero-order valence-electron chi connectivity index (χ0n) is 20.1. The van der Waals surface area contributed by atoms with Gasteiger partial charge in [-0.3, -0.25) is 9.48 Å². The highest BCUT2D eigenvalue weighted by molar-refractivity contribution is 5.97. The van der Waals surface area contributed by atoms with Crippen molar-refractivity contribution in [2.45, 2.75) is 54.2 Å². The molecule has 2 aromatic carbocycles. The standard InChI is InChI=1S/C27H31N3O3/c1-17-10-12-23(13-11-17)16-30-21(5)24(20(4)29-30)14-15-25(31)33-22(6)27(32)28-26-18(2)8-7-9-19(26)3/h7-15,22H,16H2,1-6H3,(H,28,32)/b15-14+. The van der Waals surface area contributed by atoms with Crippen LogP contribution in [0.15, 0.2) is 48.5 Å². The molecule has 0 bridgehead atoms. The van der Waals surface area contributed by atoms with E-state index in [-0.39, 0.29) is 5.91 Å². The predicted molar refractivity (Wildman–Crippen MR) is 131 cm³/mol. The average molecular weight is 446 g/mol. The van der Waals surface area contributed by atoms with E-state index in [1.807, 2.05) is 50.6 Å². The molecule has 0 aliphatic carbocycles. The van der Waals surface area contributed by atoms with Crippen LogP contribution in [-0.2, 0) is 20.9 Å². The number of amides is 1. The maximum atomic E-state index is 12.5. The van der Waals surface area contributed by atoms with Gasteiger partial charge in [0.15, 0.2) is 6.10 Å². The Hall–Kier alpha value is -3.67. The minimum absolute atomic E-state index is 0.368. The van der Waals surface area contributed by atoms with Crippen molar-refractivity contribution in [2.75, 3.05) is 5.32 Å². The van der Waals surface area contributed by atoms with E-state index in [2.05, 4.69) is 41.6 Å². The van der Waals surface area contributed by atoms with Gasteiger partial charge in [0.2, 0.25) is 0 Å². The Bertz CT molecular complexity index is 1170. The summed E-state index contributed by atoms with van der Waals surface area (Å²) < 4.78 is 7.24. The summed E-state index contributed by atoms with van der Waals surface area (Å²) >= 11 is 0. The molecular formula is C27H31N3O3. The fourth-order valence-corrected chi connectivity index (χ4v) is 3.63. The number of hydrogen-bond acceptors (Lipinski definition) is 4. The lowest BCUT2D eigenvalue weighted by Crippen LogP contribution is -2.30. The number of benzene rings is 2. The lowest BCUT2D eigenvalue weighted by Gasteiger charge is -2.15. The first-order valence-electron chi connectivity index (χ1n) is 11.0. The number of carbonyl (C=O) groups excluding carboxylic acids is 2. The normalized spacial score (nSPS) is 12.1. The summed E-state index contributed by atoms with van der Waals surface area (Å²) in [5.74, 6) is -0.948. The summed E-state index contributed by atoms with van der Waals surface area (Å²) in [6.07, 6.45) is 2.12. The third-order valence-corrected chi connectivity index (χ3v) is 5.67. The van der Waals surface area contributed by atoms with Crippen LogP contribution in [0.3, 0.4) is 0 Å². The Morgan fingerprint density at radius 1 is 1.03 bits per heavy atom. The van der Waals surface area contributed by atoms with Gasteiger partial charge in [0, 0.05) is 23.0 Å². The maximum Gasteiger partial charge on any atom is 0.331 e. The Balaban J connectivity index is 1.63. The van der Waals surface area contributed by atoms with Crippen LogP contribution in [0.2, 0.25) is 0 Å². The molecule has 6 heteroatoms. The van der Waals surface area contributed by atoms with Crippen molar-refractivity contribution in [3.05, 3.63) is 87.7 Å². The predicted octanol–water partition coefficient (Wildman–Crippen LogP) is 5.06. The maximum absolute atomic E-state index is 12.5. The van der Waals surface area contributed by atoms with Crippen molar-refractivity contribution in [3.63, 3.8) is 0 Å². The molecule has 1 N–H and O–H groups in total. The van der Waals surface area contributed by atoms with Crippen molar-refractivity contribution in [3.8, 4) is 0 Å². The van der Waals surface area contributed by atoms with Crippen molar-refractivity contribution in [2.24, 2.45) is 0 Å². The molecule has 3 rings (SSSR count). The van der Waals surface area contributed by atoms with E-state index in [0.717, 1.165) is 39.3 Å². The summed E-state index contributed by atoms with van der Waals surface area (Å²) in [6.45, 7) is 12.0. The van der Waals surface area contributed by atoms with Gasteiger partial charge in [-0.1, -0.05) is 48.0 Å². The van der Waals surface area contributed by atoms with Gasteiger partial charge in [0.05, 0.1) is 12.2 Å². The van der Waals surface area contributed by atoms with Crippen LogP contribution in [0.5, 0.6) is 0 Å². The third-order valence-electron chi connectivity index (χ3n) is 5.67. The fourth-order valence-electron chi connectivity index (χ4n) is 3.63. The van der Waals surface area contributed by atoms with E-state index in [0.29, 0.717) is 6.54 Å². The molecule has 0 saturated heterocycles. The van der Waals surface area contributed by atoms with Crippen LogP contribution < -0.4 is 5.32 Å². The Labute approximate surface area is 195 Å². The first kappa shape index (κ1) is 24.0. The van der Waals surface area contributed by atoms with Crippen molar-refractivity contribution >= 4 is 23.6 Å². The van der Waals surface area contributed by atoms with Gasteiger partial charge in [-0.2, -0.15) is 5.10 Å². The summed E-state index contributed by atoms with van der Waals surface area (Å²) in [4.78, 5) is 24.9. The Morgan fingerprint density at radius 3 is 2.30 bits per heavy atom. The lowest BCUT2D eigenvalue weighted by molar-refractivity contribution is -0.148. The molecule has 33 heavy (non-hydrogen) atoms. The van der Waals surface area contributed by atoms with Crippen molar-refractivity contribution in [1.29, 1.82) is 0 Å². The average Bonchev–Trinajstić information content (AvgIpc) is 3.03. The van der Waals surface area contributed by atoms with E-state index in [1.54, 1.807) is 13.0 Å². The number of anilines is 1. The van der Waals surface area contributed by atoms with E-state index < -0.39 is 12.1 Å². The molecule has 1 heterocycles. The number of rotatable bonds is 7. The molecule has 0 saturated carbocycles. The highest BCUT2D eigenvalue weighted by Gasteiger charge is 2.18. The monoisotopic (exact) mass is 445 g/mol. The molecule has 1 atom stereocenters. The molecular weight excluding hydrogens is 414 g/mol. The molecule has 6 nitrogen and oxygen atoms in total. The molecule has 0 aliphatic rings. The van der Waals surface area contributed by atoms with E-state index >= 15 is 0 Å². The van der Waals surface area contributed by atoms with Gasteiger partial charge in [-0.15, -0.1) is 0 Å². The topological polar surface area (TPSA) is 73.2 Å². The summed E-state index contributed by atoms with van der Waals surface area (Å²) in [5, 5.41) is 7.46. The molecule has 172 valence electrons. The van der Waals surface area contributed by atoms with Crippen LogP contribution in [0, 0.1) is 34.6 Å². The number of esters is 1. The quantitative estimate of drug-likeness (QED) is 0.408. The molecule has 3 aromatic rings. The summed E-state index contributed by atoms with van der Waals surface area (Å²) in [7, 11) is 0. The van der Waals surface area contributed by atoms with Crippen molar-refractivity contribution in [1.82, 2.24) is 9.78 Å². The van der Waals surface area contributed by atoms with Crippen LogP contribution >= 0.6 is 0 Å². The van der Waals surface area contributed by atoms with Crippen LogP contribution in [0.4, 0.5) is 5.69 Å². The first-order valence-corrected chi connectivity index (χ1v) is 11.0. The molecule has 1 amide bonds. The molecule has 0 fully saturated rings. The third kappa shape index (κ3) is 5.98. The minimum Gasteiger partial charge on any atom is -0.449 e. The zero-order valence-corrected chi connectivity index (χ0v) is 20.1. The number of para-hydroxylation sites is 1. The largest absolute Gasteiger partial charge is 0.449 e. The van der Waals surface area contributed by atoms with E-state index in [9.17, 15) is 9.59 Å². The van der Waals surface area contributed by atoms with Gasteiger partial charge < -0.3 is 10.1 Å². The second kappa shape index (κ2) is 10.3. The van der Waals surface area contributed by atoms with Crippen LogP contribution in [-0.4, -0.2) is 27.8 Å². The molecule has 0 aliphatic heterocycles. The number of aryl methyl sites for hydroxylation is 4. The first-order chi connectivity index (χ1) is 15.7. The van der Waals surface area contributed by atoms with E-state index in [4.69, 9.17) is 4.74 Å². The number of nitrogens with one attached hydrogen (secondary N) is 1. The number of aromatic nitrogens is 2. The molecule has 1 unspecified atom stereocenters. The highest BCUT2D eigenvalue weighted by atomic mass is 16.5. The zero-order chi connectivity index (χ0) is 24.1. The van der Waals surface area contributed by atoms with Gasteiger partial charge in [-0.05, 0) is 64.3 Å². The number of nitrogens with zero attached hydrogens (tertiary/aromatic N) is 2. The second-order valence-corrected chi connectivity index (χ2v) is 8.40. The molecule has 1 aromatic heterocycles. The smallest absolute Gasteiger partial charge is 0.331 e. The van der Waals surface area contributed by atoms with E-state index in [1.165, 1.54) is 11.6 Å². The second-order valence-electron chi connectivity index (χ2n) is 8.40. The van der Waals surface area contributed by atoms with Crippen LogP contribution in [0.25, 0.3) is 6.08 Å². The van der Waals surface area contributed by atoms with Crippen molar-refractivity contribution < 1.29 is 14.3 Å². The Morgan fingerprint density at radius 2 is 1.67 bits per heavy atom. The minimum atomic E-state index is -0.924. The lowest BCUT2D eigenvalue weighted by atomic mass is 10.1. The van der Waals surface area contributed by atoms with Gasteiger partial charge in [0.25, 0.3) is 5.91 Å². The highest BCUT2D eigenvalue weighted by Crippen LogP contribution is 2.20. The van der Waals surface area contributed by atoms with Gasteiger partial charge in [-0.25, -0.2) is 4.79 Å². The summed E-state index contributed by atoms with van der Waals surface area (Å²) in [5.41, 5.74) is 7.67. The number of ether oxygens (including phenoxy) is 1. The summed E-state index contributed by atoms with van der Waals surface area (Å²) in [6, 6.07) is 14.1. The van der Waals surface area contributed by atoms with Crippen LogP contribution in [0.1, 0.15) is 46.1 Å². The molecule has 0 spiro atoms.